The van der Waals surface area contributed by atoms with Crippen LogP contribution in [0.25, 0.3) is 0 Å². The predicted molar refractivity (Wildman–Crippen MR) is 61.5 cm³/mol. The maximum Gasteiger partial charge on any atom is 0.237 e. The van der Waals surface area contributed by atoms with Crippen LogP contribution in [0.5, 0.6) is 0 Å². The van der Waals surface area contributed by atoms with Crippen LogP contribution in [0.2, 0.25) is 0 Å². The molecule has 1 amide bonds. The number of rotatable bonds is 6. The minimum Gasteiger partial charge on any atom is -0.377 e. The van der Waals surface area contributed by atoms with Gasteiger partial charge in [0.2, 0.25) is 5.91 Å². The lowest BCUT2D eigenvalue weighted by molar-refractivity contribution is -0.124. The van der Waals surface area contributed by atoms with Crippen LogP contribution in [0.4, 0.5) is 0 Å². The summed E-state index contributed by atoms with van der Waals surface area (Å²) >= 11 is 0. The van der Waals surface area contributed by atoms with Crippen LogP contribution in [0.1, 0.15) is 34.1 Å². The first kappa shape index (κ1) is 14.4. The van der Waals surface area contributed by atoms with Gasteiger partial charge >= 0.3 is 0 Å². The number of carbonyl (C=O) groups is 1. The first-order chi connectivity index (χ1) is 6.78. The number of ether oxygens (including phenoxy) is 1. The summed E-state index contributed by atoms with van der Waals surface area (Å²) < 4.78 is 5.19. The van der Waals surface area contributed by atoms with Gasteiger partial charge in [-0.25, -0.2) is 0 Å². The summed E-state index contributed by atoms with van der Waals surface area (Å²) in [6.07, 6.45) is 0.708. The molecule has 0 saturated heterocycles. The van der Waals surface area contributed by atoms with E-state index < -0.39 is 6.04 Å². The average Bonchev–Trinajstić information content (AvgIpc) is 2.13. The number of methoxy groups -OCH3 is 1. The molecule has 1 atom stereocenters. The van der Waals surface area contributed by atoms with Gasteiger partial charge in [-0.2, -0.15) is 0 Å². The Bertz CT molecular complexity index is 203. The Morgan fingerprint density at radius 3 is 2.40 bits per heavy atom. The Morgan fingerprint density at radius 2 is 2.00 bits per heavy atom. The number of hydrogen-bond donors (Lipinski definition) is 2. The minimum absolute atomic E-state index is 0.103. The molecule has 0 saturated carbocycles. The highest BCUT2D eigenvalue weighted by atomic mass is 16.5. The van der Waals surface area contributed by atoms with E-state index in [1.165, 1.54) is 0 Å². The molecule has 90 valence electrons. The van der Waals surface area contributed by atoms with Crippen LogP contribution >= 0.6 is 0 Å². The highest BCUT2D eigenvalue weighted by molar-refractivity contribution is 5.81. The van der Waals surface area contributed by atoms with Crippen LogP contribution in [0, 0.1) is 5.92 Å². The molecule has 0 spiro atoms. The van der Waals surface area contributed by atoms with E-state index in [0.717, 1.165) is 0 Å². The van der Waals surface area contributed by atoms with E-state index in [-0.39, 0.29) is 11.5 Å². The van der Waals surface area contributed by atoms with Crippen molar-refractivity contribution in [2.45, 2.75) is 45.8 Å². The van der Waals surface area contributed by atoms with Gasteiger partial charge < -0.3 is 15.8 Å². The van der Waals surface area contributed by atoms with Crippen LogP contribution < -0.4 is 11.1 Å². The van der Waals surface area contributed by atoms with E-state index in [1.807, 2.05) is 27.7 Å². The summed E-state index contributed by atoms with van der Waals surface area (Å²) in [6.45, 7) is 8.41. The third-order valence-corrected chi connectivity index (χ3v) is 2.30. The summed E-state index contributed by atoms with van der Waals surface area (Å²) in [5.41, 5.74) is 5.40. The molecule has 3 N–H and O–H groups in total. The Hall–Kier alpha value is -0.610. The molecule has 0 aliphatic heterocycles. The van der Waals surface area contributed by atoms with Crippen molar-refractivity contribution >= 4 is 5.91 Å². The second-order valence-corrected chi connectivity index (χ2v) is 4.92. The highest BCUT2D eigenvalue weighted by Crippen LogP contribution is 2.06. The zero-order valence-corrected chi connectivity index (χ0v) is 10.5. The predicted octanol–water partition coefficient (Wildman–Crippen LogP) is 0.901. The summed E-state index contributed by atoms with van der Waals surface area (Å²) in [5.74, 6) is 0.329. The molecule has 0 bridgehead atoms. The molecule has 0 aliphatic rings. The van der Waals surface area contributed by atoms with E-state index in [1.54, 1.807) is 7.11 Å². The second-order valence-electron chi connectivity index (χ2n) is 4.92. The van der Waals surface area contributed by atoms with Gasteiger partial charge in [-0.3, -0.25) is 4.79 Å². The van der Waals surface area contributed by atoms with Gasteiger partial charge in [-0.1, -0.05) is 13.8 Å². The van der Waals surface area contributed by atoms with Crippen molar-refractivity contribution in [3.8, 4) is 0 Å². The molecule has 4 heteroatoms. The van der Waals surface area contributed by atoms with Gasteiger partial charge in [-0.05, 0) is 26.2 Å². The first-order valence-electron chi connectivity index (χ1n) is 5.37. The molecule has 0 radical (unpaired) electrons. The molecule has 15 heavy (non-hydrogen) atoms. The number of amides is 1. The van der Waals surface area contributed by atoms with E-state index in [2.05, 4.69) is 5.32 Å². The largest absolute Gasteiger partial charge is 0.377 e. The number of nitrogens with one attached hydrogen (secondary N) is 1. The highest BCUT2D eigenvalue weighted by Gasteiger charge is 2.20. The standard InChI is InChI=1S/C11H24N2O2/c1-8(2)6-9(12)10(14)13-7-11(3,4)15-5/h8-9H,6-7,12H2,1-5H3,(H,13,14). The zero-order chi connectivity index (χ0) is 12.1. The molecule has 0 rings (SSSR count). The van der Waals surface area contributed by atoms with E-state index in [4.69, 9.17) is 10.5 Å². The molecule has 0 aromatic rings. The topological polar surface area (TPSA) is 64.3 Å². The maximum atomic E-state index is 11.5. The summed E-state index contributed by atoms with van der Waals surface area (Å²) in [5, 5.41) is 2.79. The van der Waals surface area contributed by atoms with Crippen molar-refractivity contribution in [2.75, 3.05) is 13.7 Å². The zero-order valence-electron chi connectivity index (χ0n) is 10.5. The molecule has 0 aromatic heterocycles. The Kier molecular flexibility index (Phi) is 5.83. The number of hydrogen-bond acceptors (Lipinski definition) is 3. The van der Waals surface area contributed by atoms with Gasteiger partial charge in [-0.15, -0.1) is 0 Å². The van der Waals surface area contributed by atoms with E-state index >= 15 is 0 Å². The fourth-order valence-electron chi connectivity index (χ4n) is 1.12. The monoisotopic (exact) mass is 216 g/mol. The average molecular weight is 216 g/mol. The lowest BCUT2D eigenvalue weighted by atomic mass is 10.0. The van der Waals surface area contributed by atoms with Gasteiger partial charge in [0.1, 0.15) is 0 Å². The fourth-order valence-corrected chi connectivity index (χ4v) is 1.12. The Labute approximate surface area is 92.6 Å². The van der Waals surface area contributed by atoms with Crippen molar-refractivity contribution in [1.29, 1.82) is 0 Å². The van der Waals surface area contributed by atoms with Gasteiger partial charge in [0.05, 0.1) is 11.6 Å². The van der Waals surface area contributed by atoms with Gasteiger partial charge in [0.15, 0.2) is 0 Å². The molecule has 0 heterocycles. The number of nitrogens with two attached hydrogens (primary N) is 1. The summed E-state index contributed by atoms with van der Waals surface area (Å²) in [6, 6.07) is -0.419. The van der Waals surface area contributed by atoms with Gasteiger partial charge in [0, 0.05) is 13.7 Å². The minimum atomic E-state index is -0.419. The summed E-state index contributed by atoms with van der Waals surface area (Å²) in [7, 11) is 1.63. The van der Waals surface area contributed by atoms with Crippen LogP contribution in [0.3, 0.4) is 0 Å². The molecule has 0 aromatic carbocycles. The molecule has 0 fully saturated rings. The van der Waals surface area contributed by atoms with Crippen molar-refractivity contribution in [2.24, 2.45) is 11.7 Å². The third-order valence-electron chi connectivity index (χ3n) is 2.30. The van der Waals surface area contributed by atoms with Crippen LogP contribution in [-0.2, 0) is 9.53 Å². The van der Waals surface area contributed by atoms with Gasteiger partial charge in [0.25, 0.3) is 0 Å². The Morgan fingerprint density at radius 1 is 1.47 bits per heavy atom. The normalized spacial score (nSPS) is 14.1. The SMILES string of the molecule is COC(C)(C)CNC(=O)C(N)CC(C)C. The molecule has 0 aliphatic carbocycles. The molecule has 4 nitrogen and oxygen atoms in total. The van der Waals surface area contributed by atoms with Crippen molar-refractivity contribution in [3.63, 3.8) is 0 Å². The smallest absolute Gasteiger partial charge is 0.237 e. The maximum absolute atomic E-state index is 11.5. The first-order valence-corrected chi connectivity index (χ1v) is 5.37. The third kappa shape index (κ3) is 6.47. The van der Waals surface area contributed by atoms with Crippen LogP contribution in [0.15, 0.2) is 0 Å². The lowest BCUT2D eigenvalue weighted by Gasteiger charge is -2.24. The fraction of sp³-hybridized carbons (Fsp3) is 0.909. The van der Waals surface area contributed by atoms with E-state index in [9.17, 15) is 4.79 Å². The van der Waals surface area contributed by atoms with E-state index in [0.29, 0.717) is 18.9 Å². The summed E-state index contributed by atoms with van der Waals surface area (Å²) in [4.78, 5) is 11.5. The number of carbonyl (C=O) groups excluding carboxylic acids is 1. The van der Waals surface area contributed by atoms with Crippen molar-refractivity contribution in [1.82, 2.24) is 5.32 Å². The molecular weight excluding hydrogens is 192 g/mol. The van der Waals surface area contributed by atoms with Crippen LogP contribution in [-0.4, -0.2) is 31.2 Å². The molecule has 1 unspecified atom stereocenters. The molecular formula is C11H24N2O2. The lowest BCUT2D eigenvalue weighted by Crippen LogP contribution is -2.47. The second kappa shape index (κ2) is 6.08. The Balaban J connectivity index is 3.93. The van der Waals surface area contributed by atoms with Crippen molar-refractivity contribution in [3.05, 3.63) is 0 Å². The van der Waals surface area contributed by atoms with Crippen molar-refractivity contribution < 1.29 is 9.53 Å². The quantitative estimate of drug-likeness (QED) is 0.693.